The highest BCUT2D eigenvalue weighted by atomic mass is 16.5. The van der Waals surface area contributed by atoms with E-state index in [-0.39, 0.29) is 11.8 Å². The molecule has 1 saturated heterocycles. The number of ether oxygens (including phenoxy) is 2. The van der Waals surface area contributed by atoms with Gasteiger partial charge < -0.3 is 24.7 Å². The molecular weight excluding hydrogens is 360 g/mol. The van der Waals surface area contributed by atoms with E-state index in [1.54, 1.807) is 38.7 Å². The van der Waals surface area contributed by atoms with Crippen LogP contribution in [-0.2, 0) is 4.79 Å². The first-order chi connectivity index (χ1) is 13.7. The summed E-state index contributed by atoms with van der Waals surface area (Å²) in [6.07, 6.45) is 4.60. The Kier molecular flexibility index (Phi) is 4.96. The van der Waals surface area contributed by atoms with Crippen molar-refractivity contribution in [3.63, 3.8) is 0 Å². The minimum Gasteiger partial charge on any atom is -0.497 e. The van der Waals surface area contributed by atoms with Crippen molar-refractivity contribution in [2.24, 2.45) is 5.92 Å². The van der Waals surface area contributed by atoms with Crippen molar-refractivity contribution in [3.8, 4) is 11.5 Å². The summed E-state index contributed by atoms with van der Waals surface area (Å²) in [5.41, 5.74) is 2.09. The van der Waals surface area contributed by atoms with Gasteiger partial charge in [0.25, 0.3) is 0 Å². The van der Waals surface area contributed by atoms with E-state index in [1.807, 2.05) is 0 Å². The number of benzene rings is 1. The molecule has 3 heterocycles. The fraction of sp³-hybridized carbons (Fsp3) is 0.368. The minimum atomic E-state index is -0.0775. The Bertz CT molecular complexity index is 981. The van der Waals surface area contributed by atoms with Gasteiger partial charge in [0.2, 0.25) is 5.91 Å². The lowest BCUT2D eigenvalue weighted by atomic mass is 9.95. The average Bonchev–Trinajstić information content (AvgIpc) is 3.22. The summed E-state index contributed by atoms with van der Waals surface area (Å²) in [6, 6.07) is 5.34. The number of H-pyrrole nitrogens is 1. The maximum atomic E-state index is 12.8. The highest BCUT2D eigenvalue weighted by molar-refractivity contribution is 5.94. The summed E-state index contributed by atoms with van der Waals surface area (Å²) in [5.74, 6) is 2.01. The lowest BCUT2D eigenvalue weighted by Crippen LogP contribution is -2.38. The summed E-state index contributed by atoms with van der Waals surface area (Å²) < 4.78 is 10.6. The van der Waals surface area contributed by atoms with Crippen molar-refractivity contribution in [1.82, 2.24) is 19.9 Å². The van der Waals surface area contributed by atoms with E-state index in [2.05, 4.69) is 30.2 Å². The van der Waals surface area contributed by atoms with E-state index in [0.29, 0.717) is 22.8 Å². The van der Waals surface area contributed by atoms with Crippen LogP contribution in [0.15, 0.2) is 30.9 Å². The Morgan fingerprint density at radius 3 is 2.75 bits per heavy atom. The Morgan fingerprint density at radius 2 is 2.00 bits per heavy atom. The number of rotatable bonds is 5. The molecule has 4 rings (SSSR count). The first kappa shape index (κ1) is 18.0. The van der Waals surface area contributed by atoms with Crippen LogP contribution < -0.4 is 19.7 Å². The van der Waals surface area contributed by atoms with E-state index in [0.717, 1.165) is 37.3 Å². The molecule has 0 unspecified atom stereocenters. The fourth-order valence-electron chi connectivity index (χ4n) is 3.49. The van der Waals surface area contributed by atoms with E-state index in [4.69, 9.17) is 9.47 Å². The van der Waals surface area contributed by atoms with Gasteiger partial charge >= 0.3 is 0 Å². The van der Waals surface area contributed by atoms with Crippen LogP contribution in [0.2, 0.25) is 0 Å². The number of carbonyl (C=O) groups is 1. The molecule has 0 bridgehead atoms. The van der Waals surface area contributed by atoms with Gasteiger partial charge in [0.05, 0.1) is 26.2 Å². The SMILES string of the molecule is COc1ccc(OC)c(NC(=O)C2CCN(c3ncnc4nc[nH]c34)CC2)c1. The van der Waals surface area contributed by atoms with E-state index in [9.17, 15) is 4.79 Å². The van der Waals surface area contributed by atoms with Gasteiger partial charge in [-0.3, -0.25) is 4.79 Å². The standard InChI is InChI=1S/C19H22N6O3/c1-27-13-3-4-15(28-2)14(9-13)24-19(26)12-5-7-25(8-6-12)18-16-17(21-10-20-16)22-11-23-18/h3-4,9-12H,5-8H2,1-2H3,(H,24,26)(H,20,21,22,23). The van der Waals surface area contributed by atoms with Crippen molar-refractivity contribution in [2.45, 2.75) is 12.8 Å². The molecule has 1 aliphatic rings. The average molecular weight is 382 g/mol. The molecule has 0 saturated carbocycles. The van der Waals surface area contributed by atoms with Gasteiger partial charge in [-0.25, -0.2) is 15.0 Å². The predicted molar refractivity (Wildman–Crippen MR) is 105 cm³/mol. The Hall–Kier alpha value is -3.36. The summed E-state index contributed by atoms with van der Waals surface area (Å²) in [4.78, 5) is 30.8. The number of piperidine rings is 1. The van der Waals surface area contributed by atoms with Crippen molar-refractivity contribution in [1.29, 1.82) is 0 Å². The zero-order valence-electron chi connectivity index (χ0n) is 15.8. The van der Waals surface area contributed by atoms with Crippen LogP contribution in [0.3, 0.4) is 0 Å². The number of aromatic amines is 1. The van der Waals surface area contributed by atoms with Crippen LogP contribution in [0.5, 0.6) is 11.5 Å². The van der Waals surface area contributed by atoms with Crippen LogP contribution in [0.1, 0.15) is 12.8 Å². The van der Waals surface area contributed by atoms with Gasteiger partial charge in [-0.05, 0) is 25.0 Å². The fourth-order valence-corrected chi connectivity index (χ4v) is 3.49. The number of anilines is 2. The Balaban J connectivity index is 1.43. The number of hydrogen-bond acceptors (Lipinski definition) is 7. The van der Waals surface area contributed by atoms with Crippen molar-refractivity contribution in [3.05, 3.63) is 30.9 Å². The molecule has 146 valence electrons. The largest absolute Gasteiger partial charge is 0.497 e. The molecule has 1 amide bonds. The number of nitrogens with zero attached hydrogens (tertiary/aromatic N) is 4. The molecule has 2 N–H and O–H groups in total. The summed E-state index contributed by atoms with van der Waals surface area (Å²) in [6.45, 7) is 1.47. The first-order valence-corrected chi connectivity index (χ1v) is 9.11. The zero-order chi connectivity index (χ0) is 19.5. The van der Waals surface area contributed by atoms with E-state index in [1.165, 1.54) is 6.33 Å². The van der Waals surface area contributed by atoms with E-state index >= 15 is 0 Å². The van der Waals surface area contributed by atoms with Crippen molar-refractivity contribution < 1.29 is 14.3 Å². The van der Waals surface area contributed by atoms with Crippen LogP contribution >= 0.6 is 0 Å². The van der Waals surface area contributed by atoms with Gasteiger partial charge in [-0.1, -0.05) is 0 Å². The highest BCUT2D eigenvalue weighted by Gasteiger charge is 2.27. The third-order valence-corrected chi connectivity index (χ3v) is 5.03. The number of fused-ring (bicyclic) bond motifs is 1. The number of methoxy groups -OCH3 is 2. The number of carbonyl (C=O) groups excluding carboxylic acids is 1. The molecule has 2 aromatic heterocycles. The van der Waals surface area contributed by atoms with Crippen molar-refractivity contribution in [2.75, 3.05) is 37.5 Å². The molecular formula is C19H22N6O3. The Morgan fingerprint density at radius 1 is 1.18 bits per heavy atom. The molecule has 9 heteroatoms. The Labute approximate surface area is 162 Å². The lowest BCUT2D eigenvalue weighted by molar-refractivity contribution is -0.120. The summed E-state index contributed by atoms with van der Waals surface area (Å²) in [5, 5.41) is 2.98. The molecule has 3 aromatic rings. The second-order valence-corrected chi connectivity index (χ2v) is 6.62. The number of amides is 1. The molecule has 1 aromatic carbocycles. The molecule has 1 fully saturated rings. The number of imidazole rings is 1. The zero-order valence-corrected chi connectivity index (χ0v) is 15.8. The minimum absolute atomic E-state index is 0.0134. The third-order valence-electron chi connectivity index (χ3n) is 5.03. The molecule has 0 atom stereocenters. The topological polar surface area (TPSA) is 105 Å². The molecule has 0 radical (unpaired) electrons. The predicted octanol–water partition coefficient (Wildman–Crippen LogP) is 2.23. The van der Waals surface area contributed by atoms with Crippen LogP contribution in [0, 0.1) is 5.92 Å². The maximum Gasteiger partial charge on any atom is 0.227 e. The smallest absolute Gasteiger partial charge is 0.227 e. The highest BCUT2D eigenvalue weighted by Crippen LogP contribution is 2.31. The maximum absolute atomic E-state index is 12.8. The monoisotopic (exact) mass is 382 g/mol. The molecule has 9 nitrogen and oxygen atoms in total. The van der Waals surface area contributed by atoms with Gasteiger partial charge in [0.15, 0.2) is 11.5 Å². The normalized spacial score (nSPS) is 14.9. The second-order valence-electron chi connectivity index (χ2n) is 6.62. The van der Waals surface area contributed by atoms with Crippen LogP contribution in [0.4, 0.5) is 11.5 Å². The molecule has 0 aliphatic carbocycles. The van der Waals surface area contributed by atoms with Crippen molar-refractivity contribution >= 4 is 28.6 Å². The summed E-state index contributed by atoms with van der Waals surface area (Å²) in [7, 11) is 3.17. The quantitative estimate of drug-likeness (QED) is 0.697. The van der Waals surface area contributed by atoms with Crippen LogP contribution in [-0.4, -0.2) is 53.2 Å². The second kappa shape index (κ2) is 7.71. The van der Waals surface area contributed by atoms with Gasteiger partial charge in [0, 0.05) is 25.1 Å². The van der Waals surface area contributed by atoms with E-state index < -0.39 is 0 Å². The van der Waals surface area contributed by atoms with Gasteiger partial charge in [-0.15, -0.1) is 0 Å². The van der Waals surface area contributed by atoms with Crippen LogP contribution in [0.25, 0.3) is 11.2 Å². The molecule has 1 aliphatic heterocycles. The molecule has 28 heavy (non-hydrogen) atoms. The number of aromatic nitrogens is 4. The number of nitrogens with one attached hydrogen (secondary N) is 2. The van der Waals surface area contributed by atoms with Gasteiger partial charge in [0.1, 0.15) is 23.3 Å². The molecule has 0 spiro atoms. The van der Waals surface area contributed by atoms with Gasteiger partial charge in [-0.2, -0.15) is 0 Å². The third kappa shape index (κ3) is 3.42. The first-order valence-electron chi connectivity index (χ1n) is 9.11. The summed E-state index contributed by atoms with van der Waals surface area (Å²) >= 11 is 0. The lowest BCUT2D eigenvalue weighted by Gasteiger charge is -2.32. The number of hydrogen-bond donors (Lipinski definition) is 2.